The minimum atomic E-state index is -0.998. The minimum Gasteiger partial charge on any atom is -0.494 e. The molecule has 0 bridgehead atoms. The number of esters is 1. The number of hydrogen-bond acceptors (Lipinski definition) is 4. The van der Waals surface area contributed by atoms with E-state index < -0.39 is 30.1 Å². The second-order valence-electron chi connectivity index (χ2n) is 5.42. The zero-order chi connectivity index (χ0) is 19.3. The lowest BCUT2D eigenvalue weighted by molar-refractivity contribution is -0.133. The number of likely N-dealkylation sites (N-methyl/N-ethyl adjacent to an activating group) is 1. The molecule has 0 radical (unpaired) electrons. The van der Waals surface area contributed by atoms with Gasteiger partial charge in [-0.2, -0.15) is 0 Å². The van der Waals surface area contributed by atoms with Gasteiger partial charge in [0.05, 0.1) is 12.7 Å². The van der Waals surface area contributed by atoms with Crippen LogP contribution < -0.4 is 4.74 Å². The summed E-state index contributed by atoms with van der Waals surface area (Å²) < 4.78 is 36.9. The van der Waals surface area contributed by atoms with Crippen molar-refractivity contribution in [1.29, 1.82) is 0 Å². The fourth-order valence-electron chi connectivity index (χ4n) is 2.14. The van der Waals surface area contributed by atoms with Gasteiger partial charge in [0, 0.05) is 18.6 Å². The fourth-order valence-corrected chi connectivity index (χ4v) is 2.31. The first kappa shape index (κ1) is 19.7. The van der Waals surface area contributed by atoms with E-state index in [9.17, 15) is 18.4 Å². The molecule has 0 aliphatic carbocycles. The number of carbonyl (C=O) groups excluding carboxylic acids is 2. The number of ether oxygens (including phenoxy) is 2. The number of carbonyl (C=O) groups is 2. The summed E-state index contributed by atoms with van der Waals surface area (Å²) in [7, 11) is 2.82. The number of benzene rings is 2. The average molecular weight is 384 g/mol. The summed E-state index contributed by atoms with van der Waals surface area (Å²) in [4.78, 5) is 25.2. The maximum Gasteiger partial charge on any atom is 0.341 e. The lowest BCUT2D eigenvalue weighted by atomic mass is 10.2. The van der Waals surface area contributed by atoms with Crippen LogP contribution in [-0.4, -0.2) is 37.5 Å². The molecule has 0 heterocycles. The number of hydrogen-bond donors (Lipinski definition) is 0. The zero-order valence-corrected chi connectivity index (χ0v) is 14.8. The van der Waals surface area contributed by atoms with Crippen LogP contribution in [0.3, 0.4) is 0 Å². The highest BCUT2D eigenvalue weighted by Gasteiger charge is 2.17. The van der Waals surface area contributed by atoms with Gasteiger partial charge in [-0.3, -0.25) is 4.79 Å². The van der Waals surface area contributed by atoms with Crippen molar-refractivity contribution in [3.05, 3.63) is 64.2 Å². The average Bonchev–Trinajstić information content (AvgIpc) is 2.61. The van der Waals surface area contributed by atoms with Gasteiger partial charge in [-0.05, 0) is 35.9 Å². The van der Waals surface area contributed by atoms with Gasteiger partial charge in [0.1, 0.15) is 5.82 Å². The SMILES string of the molecule is COc1ccc(CN(C)C(=O)COC(=O)c2cc(Cl)ccc2F)cc1F. The van der Waals surface area contributed by atoms with Crippen LogP contribution in [-0.2, 0) is 16.1 Å². The highest BCUT2D eigenvalue weighted by molar-refractivity contribution is 6.30. The number of methoxy groups -OCH3 is 1. The van der Waals surface area contributed by atoms with Gasteiger partial charge in [-0.25, -0.2) is 13.6 Å². The van der Waals surface area contributed by atoms with Gasteiger partial charge in [-0.15, -0.1) is 0 Å². The van der Waals surface area contributed by atoms with Crippen LogP contribution in [0.5, 0.6) is 5.75 Å². The van der Waals surface area contributed by atoms with Crippen molar-refractivity contribution in [3.8, 4) is 5.75 Å². The lowest BCUT2D eigenvalue weighted by Crippen LogP contribution is -2.31. The van der Waals surface area contributed by atoms with Gasteiger partial charge in [0.2, 0.25) is 0 Å². The Morgan fingerprint density at radius 2 is 1.85 bits per heavy atom. The first-order chi connectivity index (χ1) is 12.3. The van der Waals surface area contributed by atoms with E-state index in [4.69, 9.17) is 21.1 Å². The molecule has 1 amide bonds. The molecule has 5 nitrogen and oxygen atoms in total. The predicted molar refractivity (Wildman–Crippen MR) is 91.1 cm³/mol. The molecule has 26 heavy (non-hydrogen) atoms. The molecule has 0 saturated carbocycles. The molecule has 8 heteroatoms. The Labute approximate surface area is 154 Å². The summed E-state index contributed by atoms with van der Waals surface area (Å²) in [5.41, 5.74) is 0.177. The first-order valence-corrected chi connectivity index (χ1v) is 7.88. The normalized spacial score (nSPS) is 10.3. The van der Waals surface area contributed by atoms with Crippen molar-refractivity contribution in [2.45, 2.75) is 6.54 Å². The predicted octanol–water partition coefficient (Wildman–Crippen LogP) is 3.44. The second kappa shape index (κ2) is 8.62. The number of nitrogens with zero attached hydrogens (tertiary/aromatic N) is 1. The molecule has 0 unspecified atom stereocenters. The van der Waals surface area contributed by atoms with E-state index in [1.165, 1.54) is 37.3 Å². The van der Waals surface area contributed by atoms with Gasteiger partial charge in [-0.1, -0.05) is 17.7 Å². The summed E-state index contributed by atoms with van der Waals surface area (Å²) in [6.07, 6.45) is 0. The van der Waals surface area contributed by atoms with Crippen LogP contribution in [0.4, 0.5) is 8.78 Å². The van der Waals surface area contributed by atoms with Gasteiger partial charge < -0.3 is 14.4 Å². The van der Waals surface area contributed by atoms with Crippen LogP contribution in [0.25, 0.3) is 0 Å². The quantitative estimate of drug-likeness (QED) is 0.717. The second-order valence-corrected chi connectivity index (χ2v) is 5.86. The van der Waals surface area contributed by atoms with Crippen LogP contribution in [0, 0.1) is 11.6 Å². The van der Waals surface area contributed by atoms with E-state index in [1.807, 2.05) is 0 Å². The van der Waals surface area contributed by atoms with Crippen LogP contribution in [0.15, 0.2) is 36.4 Å². The van der Waals surface area contributed by atoms with Gasteiger partial charge in [0.15, 0.2) is 18.2 Å². The smallest absolute Gasteiger partial charge is 0.341 e. The van der Waals surface area contributed by atoms with Gasteiger partial charge in [0.25, 0.3) is 5.91 Å². The van der Waals surface area contributed by atoms with Crippen molar-refractivity contribution >= 4 is 23.5 Å². The molecule has 0 aromatic heterocycles. The molecule has 2 rings (SSSR count). The summed E-state index contributed by atoms with van der Waals surface area (Å²) >= 11 is 5.71. The van der Waals surface area contributed by atoms with Crippen molar-refractivity contribution in [2.24, 2.45) is 0 Å². The zero-order valence-electron chi connectivity index (χ0n) is 14.1. The Morgan fingerprint density at radius 3 is 2.50 bits per heavy atom. The molecule has 0 aliphatic heterocycles. The summed E-state index contributed by atoms with van der Waals surface area (Å²) in [5, 5.41) is 0.170. The molecule has 0 saturated heterocycles. The topological polar surface area (TPSA) is 55.8 Å². The number of rotatable bonds is 6. The Balaban J connectivity index is 1.93. The molecule has 0 N–H and O–H groups in total. The Bertz CT molecular complexity index is 829. The summed E-state index contributed by atoms with van der Waals surface area (Å²) in [5.74, 6) is -2.78. The lowest BCUT2D eigenvalue weighted by Gasteiger charge is -2.17. The van der Waals surface area contributed by atoms with E-state index in [0.717, 1.165) is 12.1 Å². The molecule has 138 valence electrons. The van der Waals surface area contributed by atoms with E-state index >= 15 is 0 Å². The highest BCUT2D eigenvalue weighted by Crippen LogP contribution is 2.19. The van der Waals surface area contributed by atoms with E-state index in [-0.39, 0.29) is 22.9 Å². The van der Waals surface area contributed by atoms with Crippen LogP contribution in [0.2, 0.25) is 5.02 Å². The Hall–Kier alpha value is -2.67. The minimum absolute atomic E-state index is 0.0974. The van der Waals surface area contributed by atoms with Crippen LogP contribution >= 0.6 is 11.6 Å². The Kier molecular flexibility index (Phi) is 6.52. The van der Waals surface area contributed by atoms with Gasteiger partial charge >= 0.3 is 5.97 Å². The third-order valence-electron chi connectivity index (χ3n) is 3.54. The molecule has 0 spiro atoms. The number of halogens is 3. The molecule has 0 fully saturated rings. The van der Waals surface area contributed by atoms with E-state index in [1.54, 1.807) is 6.07 Å². The van der Waals surface area contributed by atoms with Crippen molar-refractivity contribution in [2.75, 3.05) is 20.8 Å². The standard InChI is InChI=1S/C18H16ClF2NO4/c1-22(9-11-3-6-16(25-2)15(21)7-11)17(23)10-26-18(24)13-8-12(19)4-5-14(13)20/h3-8H,9-10H2,1-2H3. The van der Waals surface area contributed by atoms with E-state index in [0.29, 0.717) is 5.56 Å². The highest BCUT2D eigenvalue weighted by atomic mass is 35.5. The molecular formula is C18H16ClF2NO4. The molecule has 0 aliphatic rings. The van der Waals surface area contributed by atoms with Crippen molar-refractivity contribution in [1.82, 2.24) is 4.90 Å². The maximum absolute atomic E-state index is 13.7. The molecular weight excluding hydrogens is 368 g/mol. The fraction of sp³-hybridized carbons (Fsp3) is 0.222. The summed E-state index contributed by atoms with van der Waals surface area (Å²) in [6.45, 7) is -0.483. The number of amides is 1. The van der Waals surface area contributed by atoms with E-state index in [2.05, 4.69) is 0 Å². The largest absolute Gasteiger partial charge is 0.494 e. The third-order valence-corrected chi connectivity index (χ3v) is 3.77. The third kappa shape index (κ3) is 4.92. The van der Waals surface area contributed by atoms with Crippen LogP contribution in [0.1, 0.15) is 15.9 Å². The summed E-state index contributed by atoms with van der Waals surface area (Å²) in [6, 6.07) is 7.75. The monoisotopic (exact) mass is 383 g/mol. The maximum atomic E-state index is 13.7. The molecule has 0 atom stereocenters. The molecule has 2 aromatic carbocycles. The van der Waals surface area contributed by atoms with Crippen molar-refractivity contribution < 1.29 is 27.8 Å². The first-order valence-electron chi connectivity index (χ1n) is 7.50. The van der Waals surface area contributed by atoms with Crippen molar-refractivity contribution in [3.63, 3.8) is 0 Å². The Morgan fingerprint density at radius 1 is 1.12 bits per heavy atom. The molecule has 2 aromatic rings.